The van der Waals surface area contributed by atoms with E-state index >= 15 is 0 Å². The molecule has 0 unspecified atom stereocenters. The summed E-state index contributed by atoms with van der Waals surface area (Å²) in [4.78, 5) is 36.4. The molecule has 0 atom stereocenters. The van der Waals surface area contributed by atoms with Gasteiger partial charge in [0.25, 0.3) is 5.91 Å². The van der Waals surface area contributed by atoms with Crippen LogP contribution in [-0.4, -0.2) is 77.3 Å². The highest BCUT2D eigenvalue weighted by Crippen LogP contribution is 2.31. The lowest BCUT2D eigenvalue weighted by Gasteiger charge is -2.33. The van der Waals surface area contributed by atoms with Gasteiger partial charge in [-0.1, -0.05) is 35.9 Å². The van der Waals surface area contributed by atoms with Crippen molar-refractivity contribution in [2.45, 2.75) is 25.2 Å². The minimum absolute atomic E-state index is 0.0260. The first-order valence-corrected chi connectivity index (χ1v) is 12.4. The van der Waals surface area contributed by atoms with Crippen LogP contribution in [0, 0.1) is 0 Å². The Balaban J connectivity index is 1.28. The van der Waals surface area contributed by atoms with Gasteiger partial charge in [0.2, 0.25) is 5.91 Å². The Hall–Kier alpha value is -2.22. The summed E-state index contributed by atoms with van der Waals surface area (Å²) < 4.78 is 0. The van der Waals surface area contributed by atoms with E-state index in [0.717, 1.165) is 56.1 Å². The molecule has 32 heavy (non-hydrogen) atoms. The predicted octanol–water partition coefficient (Wildman–Crippen LogP) is 3.69. The number of piperazine rings is 1. The average Bonchev–Trinajstić information content (AvgIpc) is 3.31. The third kappa shape index (κ3) is 5.39. The van der Waals surface area contributed by atoms with Crippen molar-refractivity contribution in [2.75, 3.05) is 45.8 Å². The molecule has 0 aliphatic carbocycles. The number of hydrogen-bond acceptors (Lipinski definition) is 5. The number of benzene rings is 1. The number of hydrogen-bond donors (Lipinski definition) is 0. The van der Waals surface area contributed by atoms with Gasteiger partial charge in [0, 0.05) is 62.1 Å². The van der Waals surface area contributed by atoms with Gasteiger partial charge in [-0.3, -0.25) is 14.5 Å². The lowest BCUT2D eigenvalue weighted by molar-refractivity contribution is -0.131. The summed E-state index contributed by atoms with van der Waals surface area (Å²) in [5.41, 5.74) is 1.43. The maximum Gasteiger partial charge on any atom is 0.273 e. The molecule has 0 spiro atoms. The van der Waals surface area contributed by atoms with Gasteiger partial charge < -0.3 is 9.80 Å². The summed E-state index contributed by atoms with van der Waals surface area (Å²) >= 11 is 7.77. The number of thiazole rings is 1. The summed E-state index contributed by atoms with van der Waals surface area (Å²) in [6.45, 7) is 9.26. The predicted molar refractivity (Wildman–Crippen MR) is 128 cm³/mol. The molecule has 170 valence electrons. The Morgan fingerprint density at radius 2 is 1.81 bits per heavy atom. The Morgan fingerprint density at radius 1 is 1.09 bits per heavy atom. The van der Waals surface area contributed by atoms with E-state index in [9.17, 15) is 9.59 Å². The molecule has 2 fully saturated rings. The second kappa shape index (κ2) is 10.6. The quantitative estimate of drug-likeness (QED) is 0.602. The van der Waals surface area contributed by atoms with Crippen molar-refractivity contribution in [2.24, 2.45) is 0 Å². The molecule has 2 amide bonds. The fourth-order valence-corrected chi connectivity index (χ4v) is 5.51. The first-order valence-electron chi connectivity index (χ1n) is 11.1. The molecule has 0 bridgehead atoms. The second-order valence-corrected chi connectivity index (χ2v) is 9.67. The average molecular weight is 473 g/mol. The van der Waals surface area contributed by atoms with Crippen LogP contribution in [0.2, 0.25) is 5.02 Å². The van der Waals surface area contributed by atoms with Crippen LogP contribution < -0.4 is 0 Å². The van der Waals surface area contributed by atoms with Crippen LogP contribution in [0.4, 0.5) is 0 Å². The van der Waals surface area contributed by atoms with E-state index in [2.05, 4.69) is 11.5 Å². The van der Waals surface area contributed by atoms with Crippen molar-refractivity contribution < 1.29 is 9.59 Å². The highest BCUT2D eigenvalue weighted by Gasteiger charge is 2.28. The minimum atomic E-state index is 0.0260. The van der Waals surface area contributed by atoms with Crippen LogP contribution >= 0.6 is 22.9 Å². The van der Waals surface area contributed by atoms with E-state index in [1.165, 1.54) is 0 Å². The summed E-state index contributed by atoms with van der Waals surface area (Å²) in [6.07, 6.45) is 3.98. The molecular formula is C24H29ClN4O2S. The van der Waals surface area contributed by atoms with E-state index in [-0.39, 0.29) is 11.8 Å². The van der Waals surface area contributed by atoms with E-state index in [1.54, 1.807) is 11.3 Å². The van der Waals surface area contributed by atoms with Crippen molar-refractivity contribution in [1.29, 1.82) is 0 Å². The third-order valence-corrected chi connectivity index (χ3v) is 7.66. The van der Waals surface area contributed by atoms with E-state index in [0.29, 0.717) is 36.1 Å². The summed E-state index contributed by atoms with van der Waals surface area (Å²) in [5.74, 6) is 0.440. The molecule has 3 heterocycles. The van der Waals surface area contributed by atoms with E-state index < -0.39 is 0 Å². The number of carbonyl (C=O) groups excluding carboxylic acids is 2. The number of rotatable bonds is 6. The zero-order valence-corrected chi connectivity index (χ0v) is 19.8. The lowest BCUT2D eigenvalue weighted by Crippen LogP contribution is -2.48. The van der Waals surface area contributed by atoms with Crippen LogP contribution in [-0.2, 0) is 11.2 Å². The highest BCUT2D eigenvalue weighted by molar-refractivity contribution is 7.09. The number of amides is 2. The maximum atomic E-state index is 12.9. The number of halogens is 1. The number of carbonyl (C=O) groups is 2. The second-order valence-electron chi connectivity index (χ2n) is 8.38. The Labute approximate surface area is 198 Å². The van der Waals surface area contributed by atoms with Gasteiger partial charge in [-0.2, -0.15) is 0 Å². The van der Waals surface area contributed by atoms with Crippen molar-refractivity contribution in [3.8, 4) is 0 Å². The van der Waals surface area contributed by atoms with Gasteiger partial charge in [0.1, 0.15) is 5.69 Å². The van der Waals surface area contributed by atoms with Crippen LogP contribution in [0.5, 0.6) is 0 Å². The molecule has 2 aliphatic rings. The third-order valence-electron chi connectivity index (χ3n) is 6.28. The van der Waals surface area contributed by atoms with Gasteiger partial charge in [0.15, 0.2) is 0 Å². The molecular weight excluding hydrogens is 444 g/mol. The molecule has 4 rings (SSSR count). The van der Waals surface area contributed by atoms with Gasteiger partial charge in [-0.25, -0.2) is 4.98 Å². The molecule has 2 aliphatic heterocycles. The lowest BCUT2D eigenvalue weighted by atomic mass is 9.97. The number of likely N-dealkylation sites (tertiary alicyclic amines) is 1. The topological polar surface area (TPSA) is 56.8 Å². The van der Waals surface area contributed by atoms with Crippen LogP contribution in [0.15, 0.2) is 42.3 Å². The largest absolute Gasteiger partial charge is 0.342 e. The number of aromatic nitrogens is 1. The molecule has 2 aromatic rings. The van der Waals surface area contributed by atoms with Crippen LogP contribution in [0.3, 0.4) is 0 Å². The van der Waals surface area contributed by atoms with Crippen molar-refractivity contribution >= 4 is 34.8 Å². The van der Waals surface area contributed by atoms with Crippen LogP contribution in [0.25, 0.3) is 0 Å². The molecule has 0 N–H and O–H groups in total. The Bertz CT molecular complexity index is 962. The number of piperidine rings is 1. The molecule has 8 heteroatoms. The fourth-order valence-electron chi connectivity index (χ4n) is 4.34. The highest BCUT2D eigenvalue weighted by atomic mass is 35.5. The molecule has 0 saturated carbocycles. The van der Waals surface area contributed by atoms with E-state index in [1.807, 2.05) is 45.5 Å². The molecule has 1 aromatic heterocycles. The zero-order chi connectivity index (χ0) is 22.5. The summed E-state index contributed by atoms with van der Waals surface area (Å²) in [5, 5.41) is 3.54. The first kappa shape index (κ1) is 23.0. The molecule has 6 nitrogen and oxygen atoms in total. The van der Waals surface area contributed by atoms with Crippen molar-refractivity contribution in [3.63, 3.8) is 0 Å². The molecule has 2 saturated heterocycles. The SMILES string of the molecule is C=CCN1CCN(C(=O)c2csc(C3CCN(C(=O)Cc4ccccc4Cl)CC3)n2)CC1. The molecule has 0 radical (unpaired) electrons. The van der Waals surface area contributed by atoms with Crippen molar-refractivity contribution in [3.05, 3.63) is 63.6 Å². The standard InChI is InChI=1S/C24H29ClN4O2S/c1-2-9-27-12-14-29(15-13-27)24(31)21-17-32-23(26-21)18-7-10-28(11-8-18)22(30)16-19-5-3-4-6-20(19)25/h2-6,17-18H,1,7-16H2. The number of nitrogens with zero attached hydrogens (tertiary/aromatic N) is 4. The first-order chi connectivity index (χ1) is 15.5. The maximum absolute atomic E-state index is 12.9. The fraction of sp³-hybridized carbons (Fsp3) is 0.458. The van der Waals surface area contributed by atoms with Gasteiger partial charge in [-0.05, 0) is 24.5 Å². The Kier molecular flexibility index (Phi) is 7.60. The summed E-state index contributed by atoms with van der Waals surface area (Å²) in [7, 11) is 0. The summed E-state index contributed by atoms with van der Waals surface area (Å²) in [6, 6.07) is 7.50. The normalized spacial score (nSPS) is 18.0. The van der Waals surface area contributed by atoms with Gasteiger partial charge in [0.05, 0.1) is 11.4 Å². The van der Waals surface area contributed by atoms with Gasteiger partial charge >= 0.3 is 0 Å². The van der Waals surface area contributed by atoms with Crippen molar-refractivity contribution in [1.82, 2.24) is 19.7 Å². The van der Waals surface area contributed by atoms with Crippen LogP contribution in [0.1, 0.15) is 39.8 Å². The minimum Gasteiger partial charge on any atom is -0.342 e. The zero-order valence-electron chi connectivity index (χ0n) is 18.2. The van der Waals surface area contributed by atoms with E-state index in [4.69, 9.17) is 16.6 Å². The van der Waals surface area contributed by atoms with Gasteiger partial charge in [-0.15, -0.1) is 17.9 Å². The monoisotopic (exact) mass is 472 g/mol. The Morgan fingerprint density at radius 3 is 2.50 bits per heavy atom. The molecule has 1 aromatic carbocycles. The smallest absolute Gasteiger partial charge is 0.273 e.